The molecule has 136 valence electrons. The third kappa shape index (κ3) is 3.93. The average molecular weight is 381 g/mol. The van der Waals surface area contributed by atoms with Gasteiger partial charge in [0.2, 0.25) is 5.95 Å². The normalized spacial score (nSPS) is 10.9. The lowest BCUT2D eigenvalue weighted by Crippen LogP contribution is -2.17. The fraction of sp³-hybridized carbons (Fsp3) is 0.105. The van der Waals surface area contributed by atoms with Crippen molar-refractivity contribution in [3.63, 3.8) is 0 Å². The molecule has 0 spiro atoms. The van der Waals surface area contributed by atoms with Gasteiger partial charge in [0.25, 0.3) is 11.3 Å². The molecular formula is C19H17ClN6O. The number of aromatic nitrogens is 4. The number of nitrogens with one attached hydrogen (secondary N) is 3. The van der Waals surface area contributed by atoms with Crippen LogP contribution in [0.5, 0.6) is 0 Å². The molecule has 27 heavy (non-hydrogen) atoms. The summed E-state index contributed by atoms with van der Waals surface area (Å²) in [6.45, 7) is 0.918. The minimum Gasteiger partial charge on any atom is -0.379 e. The summed E-state index contributed by atoms with van der Waals surface area (Å²) in [5, 5.41) is 9.95. The molecule has 4 rings (SSSR count). The number of halogens is 1. The van der Waals surface area contributed by atoms with Crippen LogP contribution in [0.25, 0.3) is 5.78 Å². The van der Waals surface area contributed by atoms with Gasteiger partial charge < -0.3 is 10.6 Å². The van der Waals surface area contributed by atoms with Crippen molar-refractivity contribution in [1.82, 2.24) is 19.6 Å². The number of rotatable bonds is 6. The second kappa shape index (κ2) is 7.51. The number of anilines is 2. The van der Waals surface area contributed by atoms with Crippen LogP contribution in [0.4, 0.5) is 11.6 Å². The highest BCUT2D eigenvalue weighted by Gasteiger charge is 2.08. The first-order chi connectivity index (χ1) is 13.2. The van der Waals surface area contributed by atoms with Crippen LogP contribution in [0.2, 0.25) is 5.02 Å². The Hall–Kier alpha value is -3.32. The van der Waals surface area contributed by atoms with Crippen molar-refractivity contribution in [3.8, 4) is 0 Å². The Bertz CT molecular complexity index is 1120. The predicted octanol–water partition coefficient (Wildman–Crippen LogP) is 3.30. The predicted molar refractivity (Wildman–Crippen MR) is 106 cm³/mol. The maximum absolute atomic E-state index is 12.3. The second-order valence-electron chi connectivity index (χ2n) is 5.96. The minimum atomic E-state index is -0.219. The monoisotopic (exact) mass is 380 g/mol. The Balaban J connectivity index is 1.51. The van der Waals surface area contributed by atoms with Crippen LogP contribution in [0, 0.1) is 0 Å². The molecule has 0 aliphatic rings. The van der Waals surface area contributed by atoms with Crippen molar-refractivity contribution in [2.45, 2.75) is 13.1 Å². The van der Waals surface area contributed by atoms with Gasteiger partial charge in [0.15, 0.2) is 0 Å². The first-order valence-electron chi connectivity index (χ1n) is 8.44. The molecule has 7 nitrogen and oxygen atoms in total. The van der Waals surface area contributed by atoms with Crippen molar-refractivity contribution in [3.05, 3.63) is 87.3 Å². The van der Waals surface area contributed by atoms with Gasteiger partial charge in [-0.1, -0.05) is 48.0 Å². The van der Waals surface area contributed by atoms with Gasteiger partial charge in [-0.3, -0.25) is 9.89 Å². The molecule has 0 saturated heterocycles. The van der Waals surface area contributed by atoms with Crippen LogP contribution >= 0.6 is 11.6 Å². The molecular weight excluding hydrogens is 364 g/mol. The SMILES string of the molecule is O=c1cc(CNc2ccccc2)nc2nc(NCc3ccccc3Cl)[nH]n12. The molecule has 8 heteroatoms. The number of hydrogen-bond acceptors (Lipinski definition) is 5. The van der Waals surface area contributed by atoms with E-state index >= 15 is 0 Å². The van der Waals surface area contributed by atoms with Gasteiger partial charge >= 0.3 is 0 Å². The lowest BCUT2D eigenvalue weighted by atomic mass is 10.2. The molecule has 3 N–H and O–H groups in total. The molecule has 2 aromatic heterocycles. The molecule has 0 bridgehead atoms. The van der Waals surface area contributed by atoms with Crippen molar-refractivity contribution >= 4 is 29.0 Å². The number of hydrogen-bond donors (Lipinski definition) is 3. The molecule has 0 atom stereocenters. The van der Waals surface area contributed by atoms with Gasteiger partial charge in [0, 0.05) is 23.3 Å². The van der Waals surface area contributed by atoms with Gasteiger partial charge in [-0.2, -0.15) is 9.50 Å². The third-order valence-electron chi connectivity index (χ3n) is 4.04. The number of aromatic amines is 1. The summed E-state index contributed by atoms with van der Waals surface area (Å²) in [7, 11) is 0. The van der Waals surface area contributed by atoms with Crippen LogP contribution in [-0.4, -0.2) is 19.6 Å². The molecule has 0 aliphatic heterocycles. The van der Waals surface area contributed by atoms with Gasteiger partial charge in [-0.05, 0) is 23.8 Å². The third-order valence-corrected chi connectivity index (χ3v) is 4.40. The van der Waals surface area contributed by atoms with E-state index < -0.39 is 0 Å². The number of benzene rings is 2. The Kier molecular flexibility index (Phi) is 4.76. The van der Waals surface area contributed by atoms with Gasteiger partial charge in [0.1, 0.15) is 0 Å². The Labute approximate surface area is 160 Å². The lowest BCUT2D eigenvalue weighted by Gasteiger charge is -2.05. The maximum Gasteiger partial charge on any atom is 0.274 e. The number of H-pyrrole nitrogens is 1. The Morgan fingerprint density at radius 2 is 1.74 bits per heavy atom. The van der Waals surface area contributed by atoms with E-state index in [4.69, 9.17) is 11.6 Å². The molecule has 0 fully saturated rings. The van der Waals surface area contributed by atoms with Crippen molar-refractivity contribution in [2.75, 3.05) is 10.6 Å². The van der Waals surface area contributed by atoms with Crippen LogP contribution in [0.1, 0.15) is 11.3 Å². The summed E-state index contributed by atoms with van der Waals surface area (Å²) in [5.41, 5.74) is 2.30. The van der Waals surface area contributed by atoms with Crippen LogP contribution in [0.3, 0.4) is 0 Å². The first kappa shape index (κ1) is 17.1. The van der Waals surface area contributed by atoms with Crippen LogP contribution < -0.4 is 16.2 Å². The zero-order valence-electron chi connectivity index (χ0n) is 14.3. The summed E-state index contributed by atoms with van der Waals surface area (Å²) < 4.78 is 1.31. The van der Waals surface area contributed by atoms with Crippen molar-refractivity contribution < 1.29 is 0 Å². The fourth-order valence-electron chi connectivity index (χ4n) is 2.67. The topological polar surface area (TPSA) is 87.1 Å². The zero-order chi connectivity index (χ0) is 18.6. The standard InChI is InChI=1S/C19H17ClN6O/c20-16-9-5-4-6-13(16)11-22-18-24-19-23-15(10-17(27)26(19)25-18)12-21-14-7-2-1-3-8-14/h1-10,21H,11-12H2,(H2,22,23,24,25). The first-order valence-corrected chi connectivity index (χ1v) is 8.82. The molecule has 0 amide bonds. The highest BCUT2D eigenvalue weighted by molar-refractivity contribution is 6.31. The van der Waals surface area contributed by atoms with E-state index in [9.17, 15) is 4.79 Å². The quantitative estimate of drug-likeness (QED) is 0.477. The van der Waals surface area contributed by atoms with E-state index in [1.54, 1.807) is 0 Å². The number of para-hydroxylation sites is 1. The summed E-state index contributed by atoms with van der Waals surface area (Å²) >= 11 is 6.16. The highest BCUT2D eigenvalue weighted by atomic mass is 35.5. The molecule has 2 aromatic carbocycles. The van der Waals surface area contributed by atoms with E-state index in [0.29, 0.717) is 35.5 Å². The van der Waals surface area contributed by atoms with E-state index in [-0.39, 0.29) is 5.56 Å². The van der Waals surface area contributed by atoms with E-state index in [1.165, 1.54) is 10.6 Å². The van der Waals surface area contributed by atoms with Gasteiger partial charge in [0.05, 0.1) is 12.2 Å². The van der Waals surface area contributed by atoms with Crippen LogP contribution in [-0.2, 0) is 13.1 Å². The van der Waals surface area contributed by atoms with E-state index in [2.05, 4.69) is 25.7 Å². The van der Waals surface area contributed by atoms with E-state index in [0.717, 1.165) is 11.3 Å². The minimum absolute atomic E-state index is 0.219. The van der Waals surface area contributed by atoms with Gasteiger partial charge in [-0.15, -0.1) is 0 Å². The largest absolute Gasteiger partial charge is 0.379 e. The average Bonchev–Trinajstić information content (AvgIpc) is 3.10. The molecule has 0 saturated carbocycles. The van der Waals surface area contributed by atoms with Gasteiger partial charge in [-0.25, -0.2) is 4.98 Å². The molecule has 4 aromatic rings. The highest BCUT2D eigenvalue weighted by Crippen LogP contribution is 2.16. The fourth-order valence-corrected chi connectivity index (χ4v) is 2.87. The van der Waals surface area contributed by atoms with Crippen LogP contribution in [0.15, 0.2) is 65.5 Å². The summed E-state index contributed by atoms with van der Waals surface area (Å²) in [6, 6.07) is 18.8. The Morgan fingerprint density at radius 1 is 0.963 bits per heavy atom. The van der Waals surface area contributed by atoms with Crippen molar-refractivity contribution in [2.24, 2.45) is 0 Å². The van der Waals surface area contributed by atoms with Crippen molar-refractivity contribution in [1.29, 1.82) is 0 Å². The maximum atomic E-state index is 12.3. The summed E-state index contributed by atoms with van der Waals surface area (Å²) in [5.74, 6) is 0.765. The molecule has 0 aliphatic carbocycles. The number of nitrogens with zero attached hydrogens (tertiary/aromatic N) is 3. The summed E-state index contributed by atoms with van der Waals surface area (Å²) in [6.07, 6.45) is 0. The van der Waals surface area contributed by atoms with E-state index in [1.807, 2.05) is 54.6 Å². The number of fused-ring (bicyclic) bond motifs is 1. The molecule has 0 radical (unpaired) electrons. The molecule has 0 unspecified atom stereocenters. The molecule has 2 heterocycles. The second-order valence-corrected chi connectivity index (χ2v) is 6.37. The lowest BCUT2D eigenvalue weighted by molar-refractivity contribution is 0.874. The summed E-state index contributed by atoms with van der Waals surface area (Å²) in [4.78, 5) is 21.1. The smallest absolute Gasteiger partial charge is 0.274 e. The Morgan fingerprint density at radius 3 is 2.56 bits per heavy atom. The zero-order valence-corrected chi connectivity index (χ0v) is 15.1.